The molecule has 0 aliphatic carbocycles. The summed E-state index contributed by atoms with van der Waals surface area (Å²) in [4.78, 5) is 24.5. The molecule has 0 radical (unpaired) electrons. The smallest absolute Gasteiger partial charge is 0.269 e. The van der Waals surface area contributed by atoms with Crippen molar-refractivity contribution in [2.75, 3.05) is 17.7 Å². The summed E-state index contributed by atoms with van der Waals surface area (Å²) in [5, 5.41) is 11.7. The Hall–Kier alpha value is -1.76. The number of hydrogen-bond donors (Lipinski definition) is 0. The van der Waals surface area contributed by atoms with Crippen molar-refractivity contribution in [2.24, 2.45) is 0 Å². The fourth-order valence-corrected chi connectivity index (χ4v) is 3.17. The predicted molar refractivity (Wildman–Crippen MR) is 93.7 cm³/mol. The quantitative estimate of drug-likeness (QED) is 0.436. The maximum Gasteiger partial charge on any atom is 0.269 e. The molecule has 8 heteroatoms. The van der Waals surface area contributed by atoms with Gasteiger partial charge in [-0.25, -0.2) is 0 Å². The topological polar surface area (TPSA) is 63.5 Å². The second-order valence-electron chi connectivity index (χ2n) is 4.59. The Kier molecular flexibility index (Phi) is 5.87. The summed E-state index contributed by atoms with van der Waals surface area (Å²) < 4.78 is 0. The molecule has 0 unspecified atom stereocenters. The normalized spacial score (nSPS) is 10.4. The third-order valence-electron chi connectivity index (χ3n) is 3.07. The van der Waals surface area contributed by atoms with Gasteiger partial charge in [-0.2, -0.15) is 0 Å². The summed E-state index contributed by atoms with van der Waals surface area (Å²) in [5.41, 5.74) is 0.563. The van der Waals surface area contributed by atoms with Crippen LogP contribution in [0.15, 0.2) is 47.4 Å². The van der Waals surface area contributed by atoms with Crippen LogP contribution in [0.3, 0.4) is 0 Å². The lowest BCUT2D eigenvalue weighted by molar-refractivity contribution is -0.384. The molecule has 0 aliphatic heterocycles. The van der Waals surface area contributed by atoms with Crippen LogP contribution in [0.5, 0.6) is 0 Å². The molecule has 5 nitrogen and oxygen atoms in total. The van der Waals surface area contributed by atoms with Gasteiger partial charge in [0.1, 0.15) is 0 Å². The van der Waals surface area contributed by atoms with Gasteiger partial charge in [-0.3, -0.25) is 14.9 Å². The molecule has 2 aromatic carbocycles. The van der Waals surface area contributed by atoms with Crippen LogP contribution in [0.25, 0.3) is 0 Å². The van der Waals surface area contributed by atoms with Crippen molar-refractivity contribution in [1.82, 2.24) is 0 Å². The molecule has 0 spiro atoms. The van der Waals surface area contributed by atoms with E-state index in [0.717, 1.165) is 4.90 Å². The number of nitro groups is 1. The number of amides is 1. The zero-order chi connectivity index (χ0) is 17.0. The summed E-state index contributed by atoms with van der Waals surface area (Å²) in [6.45, 7) is 0. The molecular weight excluding hydrogens is 359 g/mol. The van der Waals surface area contributed by atoms with Gasteiger partial charge in [0.15, 0.2) is 0 Å². The van der Waals surface area contributed by atoms with E-state index in [2.05, 4.69) is 0 Å². The average molecular weight is 371 g/mol. The minimum atomic E-state index is -0.484. The Bertz CT molecular complexity index is 738. The Morgan fingerprint density at radius 3 is 2.48 bits per heavy atom. The summed E-state index contributed by atoms with van der Waals surface area (Å²) in [6, 6.07) is 10.9. The molecule has 0 aliphatic rings. The van der Waals surface area contributed by atoms with E-state index in [1.807, 2.05) is 0 Å². The van der Waals surface area contributed by atoms with Gasteiger partial charge in [0.25, 0.3) is 5.69 Å². The van der Waals surface area contributed by atoms with E-state index in [9.17, 15) is 14.9 Å². The van der Waals surface area contributed by atoms with Crippen molar-refractivity contribution >= 4 is 52.2 Å². The van der Waals surface area contributed by atoms with Gasteiger partial charge in [-0.15, -0.1) is 11.8 Å². The van der Waals surface area contributed by atoms with E-state index in [1.54, 1.807) is 25.2 Å². The van der Waals surface area contributed by atoms with E-state index < -0.39 is 4.92 Å². The fourth-order valence-electron chi connectivity index (χ4n) is 1.77. The highest BCUT2D eigenvalue weighted by Gasteiger charge is 2.14. The minimum Gasteiger partial charge on any atom is -0.315 e. The average Bonchev–Trinajstić information content (AvgIpc) is 2.54. The standard InChI is InChI=1S/C15H12Cl2N2O3S/c1-18(11-3-5-12(6-4-11)19(21)22)15(20)9-23-14-8-10(16)2-7-13(14)17/h2-8H,9H2,1H3. The molecule has 0 heterocycles. The monoisotopic (exact) mass is 370 g/mol. The van der Waals surface area contributed by atoms with Gasteiger partial charge < -0.3 is 4.90 Å². The number of carbonyl (C=O) groups excluding carboxylic acids is 1. The second kappa shape index (κ2) is 7.68. The highest BCUT2D eigenvalue weighted by atomic mass is 35.5. The number of thioether (sulfide) groups is 1. The maximum absolute atomic E-state index is 12.2. The summed E-state index contributed by atoms with van der Waals surface area (Å²) in [6.07, 6.45) is 0. The van der Waals surface area contributed by atoms with Gasteiger partial charge in [0.2, 0.25) is 5.91 Å². The van der Waals surface area contributed by atoms with Crippen molar-refractivity contribution in [3.8, 4) is 0 Å². The third kappa shape index (κ3) is 4.60. The van der Waals surface area contributed by atoms with Gasteiger partial charge >= 0.3 is 0 Å². The maximum atomic E-state index is 12.2. The van der Waals surface area contributed by atoms with Crippen LogP contribution in [-0.4, -0.2) is 23.6 Å². The van der Waals surface area contributed by atoms with Crippen molar-refractivity contribution < 1.29 is 9.72 Å². The van der Waals surface area contributed by atoms with Crippen LogP contribution < -0.4 is 4.90 Å². The number of anilines is 1. The van der Waals surface area contributed by atoms with Crippen LogP contribution in [0.4, 0.5) is 11.4 Å². The molecule has 0 saturated carbocycles. The number of hydrogen-bond acceptors (Lipinski definition) is 4. The highest BCUT2D eigenvalue weighted by Crippen LogP contribution is 2.30. The lowest BCUT2D eigenvalue weighted by atomic mass is 10.2. The molecular formula is C15H12Cl2N2O3S. The molecule has 0 bridgehead atoms. The van der Waals surface area contributed by atoms with Gasteiger partial charge in [0, 0.05) is 34.8 Å². The molecule has 1 amide bonds. The zero-order valence-corrected chi connectivity index (χ0v) is 14.4. The molecule has 2 aromatic rings. The van der Waals surface area contributed by atoms with E-state index in [0.29, 0.717) is 15.7 Å². The summed E-state index contributed by atoms with van der Waals surface area (Å²) in [5.74, 6) is 0.0213. The molecule has 23 heavy (non-hydrogen) atoms. The van der Waals surface area contributed by atoms with E-state index in [-0.39, 0.29) is 17.3 Å². The van der Waals surface area contributed by atoms with Crippen LogP contribution in [0.1, 0.15) is 0 Å². The van der Waals surface area contributed by atoms with E-state index in [4.69, 9.17) is 23.2 Å². The van der Waals surface area contributed by atoms with Crippen molar-refractivity contribution in [2.45, 2.75) is 4.90 Å². The number of rotatable bonds is 5. The first kappa shape index (κ1) is 17.6. The van der Waals surface area contributed by atoms with Crippen LogP contribution in [0, 0.1) is 10.1 Å². The number of non-ortho nitro benzene ring substituents is 1. The van der Waals surface area contributed by atoms with Crippen LogP contribution in [-0.2, 0) is 4.79 Å². The minimum absolute atomic E-state index is 0.0188. The molecule has 120 valence electrons. The first-order chi connectivity index (χ1) is 10.9. The first-order valence-corrected chi connectivity index (χ1v) is 8.21. The van der Waals surface area contributed by atoms with E-state index >= 15 is 0 Å². The number of benzene rings is 2. The lowest BCUT2D eigenvalue weighted by Crippen LogP contribution is -2.27. The van der Waals surface area contributed by atoms with Crippen molar-refractivity contribution in [3.05, 3.63) is 62.6 Å². The second-order valence-corrected chi connectivity index (χ2v) is 6.45. The fraction of sp³-hybridized carbons (Fsp3) is 0.133. The highest BCUT2D eigenvalue weighted by molar-refractivity contribution is 8.00. The SMILES string of the molecule is CN(C(=O)CSc1cc(Cl)ccc1Cl)c1ccc([N+](=O)[O-])cc1. The molecule has 0 atom stereocenters. The van der Waals surface area contributed by atoms with Crippen LogP contribution >= 0.6 is 35.0 Å². The Balaban J connectivity index is 2.02. The zero-order valence-electron chi connectivity index (χ0n) is 12.0. The number of nitrogens with zero attached hydrogens (tertiary/aromatic N) is 2. The van der Waals surface area contributed by atoms with Gasteiger partial charge in [-0.05, 0) is 30.3 Å². The lowest BCUT2D eigenvalue weighted by Gasteiger charge is -2.17. The van der Waals surface area contributed by atoms with Crippen molar-refractivity contribution in [3.63, 3.8) is 0 Å². The summed E-state index contributed by atoms with van der Waals surface area (Å²) in [7, 11) is 1.61. The Morgan fingerprint density at radius 1 is 1.22 bits per heavy atom. The summed E-state index contributed by atoms with van der Waals surface area (Å²) >= 11 is 13.2. The number of halogens is 2. The molecule has 0 aromatic heterocycles. The molecule has 0 saturated heterocycles. The predicted octanol–water partition coefficient (Wildman–Crippen LogP) is 4.66. The first-order valence-electron chi connectivity index (χ1n) is 6.47. The van der Waals surface area contributed by atoms with Gasteiger partial charge in [-0.1, -0.05) is 23.2 Å². The molecule has 0 N–H and O–H groups in total. The largest absolute Gasteiger partial charge is 0.315 e. The van der Waals surface area contributed by atoms with Crippen molar-refractivity contribution in [1.29, 1.82) is 0 Å². The Morgan fingerprint density at radius 2 is 1.87 bits per heavy atom. The Labute approximate surface area is 147 Å². The molecule has 0 fully saturated rings. The number of carbonyl (C=O) groups is 1. The molecule has 2 rings (SSSR count). The van der Waals surface area contributed by atoms with Crippen LogP contribution in [0.2, 0.25) is 10.0 Å². The number of nitro benzene ring substituents is 1. The van der Waals surface area contributed by atoms with E-state index in [1.165, 1.54) is 40.9 Å². The third-order valence-corrected chi connectivity index (χ3v) is 4.78. The van der Waals surface area contributed by atoms with Gasteiger partial charge in [0.05, 0.1) is 15.7 Å².